The topological polar surface area (TPSA) is 78.9 Å². The highest BCUT2D eigenvalue weighted by atomic mass is 16.6. The van der Waals surface area contributed by atoms with E-state index in [9.17, 15) is 14.4 Å². The highest BCUT2D eigenvalue weighted by molar-refractivity contribution is 5.71. The molecule has 0 aliphatic carbocycles. The highest BCUT2D eigenvalue weighted by Gasteiger charge is 2.19. The molecule has 0 fully saturated rings. The summed E-state index contributed by atoms with van der Waals surface area (Å²) in [5, 5.41) is 0. The molecule has 82 heavy (non-hydrogen) atoms. The van der Waals surface area contributed by atoms with E-state index in [4.69, 9.17) is 14.2 Å². The van der Waals surface area contributed by atoms with Crippen molar-refractivity contribution in [2.75, 3.05) is 13.2 Å². The number of ether oxygens (including phenoxy) is 3. The number of carbonyl (C=O) groups is 3. The zero-order chi connectivity index (χ0) is 59.2. The summed E-state index contributed by atoms with van der Waals surface area (Å²) in [7, 11) is 0. The fourth-order valence-corrected chi connectivity index (χ4v) is 11.1. The van der Waals surface area contributed by atoms with Crippen LogP contribution in [0.25, 0.3) is 0 Å². The quantitative estimate of drug-likeness (QED) is 0.0261. The molecular weight excluding hydrogens is 1010 g/mol. The van der Waals surface area contributed by atoms with Crippen LogP contribution in [-0.2, 0) is 28.6 Å². The molecule has 0 aromatic heterocycles. The summed E-state index contributed by atoms with van der Waals surface area (Å²) in [6.07, 6.45) is 90.1. The molecule has 6 heteroatoms. The molecule has 0 aromatic rings. The molecular formula is C76H140O6. The second kappa shape index (κ2) is 70.9. The van der Waals surface area contributed by atoms with Crippen molar-refractivity contribution in [3.8, 4) is 0 Å². The van der Waals surface area contributed by atoms with E-state index >= 15 is 0 Å². The van der Waals surface area contributed by atoms with Crippen LogP contribution in [0.4, 0.5) is 0 Å². The van der Waals surface area contributed by atoms with E-state index in [-0.39, 0.29) is 31.1 Å². The van der Waals surface area contributed by atoms with Gasteiger partial charge in [0.1, 0.15) is 13.2 Å². The summed E-state index contributed by atoms with van der Waals surface area (Å²) >= 11 is 0. The van der Waals surface area contributed by atoms with E-state index in [1.165, 1.54) is 276 Å². The van der Waals surface area contributed by atoms with Crippen LogP contribution in [0.5, 0.6) is 0 Å². The summed E-state index contributed by atoms with van der Waals surface area (Å²) in [4.78, 5) is 38.4. The van der Waals surface area contributed by atoms with Crippen molar-refractivity contribution in [1.82, 2.24) is 0 Å². The second-order valence-electron chi connectivity index (χ2n) is 24.8. The first-order valence-corrected chi connectivity index (χ1v) is 36.6. The number of rotatable bonds is 68. The van der Waals surface area contributed by atoms with Crippen LogP contribution in [-0.4, -0.2) is 37.2 Å². The van der Waals surface area contributed by atoms with Gasteiger partial charge in [0, 0.05) is 19.3 Å². The molecule has 480 valence electrons. The van der Waals surface area contributed by atoms with Gasteiger partial charge in [-0.25, -0.2) is 0 Å². The zero-order valence-corrected chi connectivity index (χ0v) is 55.3. The Hall–Kier alpha value is -2.63. The summed E-state index contributed by atoms with van der Waals surface area (Å²) in [6, 6.07) is 0. The van der Waals surface area contributed by atoms with Crippen LogP contribution in [0.1, 0.15) is 400 Å². The third-order valence-corrected chi connectivity index (χ3v) is 16.6. The Kier molecular flexibility index (Phi) is 68.6. The van der Waals surface area contributed by atoms with Gasteiger partial charge in [-0.05, 0) is 57.8 Å². The van der Waals surface area contributed by atoms with Gasteiger partial charge < -0.3 is 14.2 Å². The molecule has 0 amide bonds. The molecule has 1 atom stereocenters. The van der Waals surface area contributed by atoms with Gasteiger partial charge in [-0.15, -0.1) is 0 Å². The summed E-state index contributed by atoms with van der Waals surface area (Å²) in [5.41, 5.74) is 0. The van der Waals surface area contributed by atoms with Crippen LogP contribution in [0, 0.1) is 0 Å². The first kappa shape index (κ1) is 79.4. The second-order valence-corrected chi connectivity index (χ2v) is 24.8. The van der Waals surface area contributed by atoms with E-state index in [1.54, 1.807) is 0 Å². The van der Waals surface area contributed by atoms with E-state index < -0.39 is 6.10 Å². The van der Waals surface area contributed by atoms with E-state index in [0.29, 0.717) is 19.3 Å². The Morgan fingerprint density at radius 1 is 0.256 bits per heavy atom. The molecule has 0 bridgehead atoms. The number of carbonyl (C=O) groups excluding carboxylic acids is 3. The third kappa shape index (κ3) is 68.2. The molecule has 1 unspecified atom stereocenters. The monoisotopic (exact) mass is 1150 g/mol. The Bertz CT molecular complexity index is 1410. The summed E-state index contributed by atoms with van der Waals surface area (Å²) in [5.74, 6) is -0.831. The Labute approximate surface area is 511 Å². The predicted molar refractivity (Wildman–Crippen MR) is 358 cm³/mol. The molecule has 0 rings (SSSR count). The van der Waals surface area contributed by atoms with Crippen molar-refractivity contribution >= 4 is 17.9 Å². The van der Waals surface area contributed by atoms with Crippen molar-refractivity contribution in [2.45, 2.75) is 406 Å². The van der Waals surface area contributed by atoms with Crippen molar-refractivity contribution < 1.29 is 28.6 Å². The molecule has 0 aliphatic heterocycles. The molecule has 0 radical (unpaired) electrons. The number of hydrogen-bond donors (Lipinski definition) is 0. The van der Waals surface area contributed by atoms with E-state index in [2.05, 4.69) is 69.4 Å². The van der Waals surface area contributed by atoms with Crippen LogP contribution in [0.15, 0.2) is 48.6 Å². The highest BCUT2D eigenvalue weighted by Crippen LogP contribution is 2.19. The minimum absolute atomic E-state index is 0.0646. The molecule has 6 nitrogen and oxygen atoms in total. The molecule has 0 saturated heterocycles. The molecule has 0 aromatic carbocycles. The summed E-state index contributed by atoms with van der Waals surface area (Å²) in [6.45, 7) is 6.61. The first-order chi connectivity index (χ1) is 40.5. The average molecular weight is 1150 g/mol. The lowest BCUT2D eigenvalue weighted by atomic mass is 10.0. The third-order valence-electron chi connectivity index (χ3n) is 16.6. The van der Waals surface area contributed by atoms with Gasteiger partial charge >= 0.3 is 17.9 Å². The standard InChI is InChI=1S/C76H140O6/c1-4-7-10-13-16-19-22-25-27-29-31-33-34-35-36-37-38-39-40-41-42-43-45-46-48-51-54-57-60-63-66-69-75(78)81-72-73(71-80-74(77)68-65-62-59-56-53-50-24-21-18-15-12-9-6-3)82-76(79)70-67-64-61-58-55-52-49-47-44-32-30-28-26-23-20-17-14-11-8-5-2/h7,10,16,19,25,27,31,33,73H,4-6,8-9,11-15,17-18,20-24,26,28-30,32,34-72H2,1-3H3/b10-7-,19-16-,27-25-,33-31-. The van der Waals surface area contributed by atoms with Crippen LogP contribution >= 0.6 is 0 Å². The first-order valence-electron chi connectivity index (χ1n) is 36.6. The SMILES string of the molecule is CC/C=C\C/C=C\C/C=C\C/C=C\CCCCCCCCCCCCCCCCCCCCC(=O)OCC(COC(=O)CCCCCCCCCCCCCCC)OC(=O)CCCCCCCCCCCCCCCCCCCCCC. The lowest BCUT2D eigenvalue weighted by Gasteiger charge is -2.18. The van der Waals surface area contributed by atoms with Gasteiger partial charge in [0.25, 0.3) is 0 Å². The Morgan fingerprint density at radius 2 is 0.476 bits per heavy atom. The number of allylic oxidation sites excluding steroid dienone is 8. The number of unbranched alkanes of at least 4 members (excludes halogenated alkanes) is 49. The minimum Gasteiger partial charge on any atom is -0.462 e. The predicted octanol–water partition coefficient (Wildman–Crippen LogP) is 25.3. The van der Waals surface area contributed by atoms with Gasteiger partial charge in [0.05, 0.1) is 0 Å². The smallest absolute Gasteiger partial charge is 0.306 e. The van der Waals surface area contributed by atoms with Crippen molar-refractivity contribution in [3.05, 3.63) is 48.6 Å². The molecule has 0 aliphatic rings. The lowest BCUT2D eigenvalue weighted by molar-refractivity contribution is -0.167. The average Bonchev–Trinajstić information content (AvgIpc) is 3.47. The minimum atomic E-state index is -0.768. The molecule has 0 heterocycles. The molecule has 0 N–H and O–H groups in total. The summed E-state index contributed by atoms with van der Waals surface area (Å²) < 4.78 is 17.0. The maximum atomic E-state index is 13.0. The van der Waals surface area contributed by atoms with Crippen molar-refractivity contribution in [2.24, 2.45) is 0 Å². The fraction of sp³-hybridized carbons (Fsp3) is 0.855. The Balaban J connectivity index is 4.16. The van der Waals surface area contributed by atoms with Crippen LogP contribution in [0.3, 0.4) is 0 Å². The van der Waals surface area contributed by atoms with Gasteiger partial charge in [0.15, 0.2) is 6.10 Å². The van der Waals surface area contributed by atoms with Gasteiger partial charge in [-0.3, -0.25) is 14.4 Å². The van der Waals surface area contributed by atoms with E-state index in [1.807, 2.05) is 0 Å². The van der Waals surface area contributed by atoms with Crippen molar-refractivity contribution in [3.63, 3.8) is 0 Å². The van der Waals surface area contributed by atoms with Crippen molar-refractivity contribution in [1.29, 1.82) is 0 Å². The van der Waals surface area contributed by atoms with Gasteiger partial charge in [0.2, 0.25) is 0 Å². The zero-order valence-electron chi connectivity index (χ0n) is 55.3. The maximum Gasteiger partial charge on any atom is 0.306 e. The van der Waals surface area contributed by atoms with Gasteiger partial charge in [-0.2, -0.15) is 0 Å². The largest absolute Gasteiger partial charge is 0.462 e. The fourth-order valence-electron chi connectivity index (χ4n) is 11.1. The van der Waals surface area contributed by atoms with Crippen LogP contribution in [0.2, 0.25) is 0 Å². The normalized spacial score (nSPS) is 12.3. The van der Waals surface area contributed by atoms with Gasteiger partial charge in [-0.1, -0.05) is 371 Å². The number of hydrogen-bond acceptors (Lipinski definition) is 6. The molecule has 0 spiro atoms. The Morgan fingerprint density at radius 3 is 0.744 bits per heavy atom. The number of esters is 3. The van der Waals surface area contributed by atoms with E-state index in [0.717, 1.165) is 83.5 Å². The maximum absolute atomic E-state index is 13.0. The van der Waals surface area contributed by atoms with Crippen LogP contribution < -0.4 is 0 Å². The lowest BCUT2D eigenvalue weighted by Crippen LogP contribution is -2.30. The molecule has 0 saturated carbocycles.